The van der Waals surface area contributed by atoms with Crippen LogP contribution in [0.1, 0.15) is 6.42 Å². The van der Waals surface area contributed by atoms with Gasteiger partial charge >= 0.3 is 5.97 Å². The van der Waals surface area contributed by atoms with E-state index < -0.39 is 12.0 Å². The number of nitrogens with zero attached hydrogens (tertiary/aromatic N) is 1. The fraction of sp³-hybridized carbons (Fsp3) is 0.667. The third kappa shape index (κ3) is 4.64. The van der Waals surface area contributed by atoms with E-state index in [4.69, 9.17) is 10.2 Å². The summed E-state index contributed by atoms with van der Waals surface area (Å²) in [6.07, 6.45) is 0.938. The highest BCUT2D eigenvalue weighted by Gasteiger charge is 2.13. The van der Waals surface area contributed by atoms with Crippen molar-refractivity contribution in [2.24, 2.45) is 4.99 Å². The van der Waals surface area contributed by atoms with Crippen LogP contribution in [0.5, 0.6) is 0 Å². The average molecular weight is 177 g/mol. The van der Waals surface area contributed by atoms with Gasteiger partial charge in [-0.2, -0.15) is 4.89 Å². The fourth-order valence-corrected chi connectivity index (χ4v) is 0.525. The lowest BCUT2D eigenvalue weighted by Crippen LogP contribution is -2.19. The lowest BCUT2D eigenvalue weighted by molar-refractivity contribution is -0.188. The molecule has 0 bridgehead atoms. The Kier molecular flexibility index (Phi) is 5.94. The van der Waals surface area contributed by atoms with Crippen LogP contribution in [-0.4, -0.2) is 42.3 Å². The Morgan fingerprint density at radius 2 is 2.42 bits per heavy atom. The first-order valence-corrected chi connectivity index (χ1v) is 3.27. The number of hydrogen-bond acceptors (Lipinski definition) is 5. The molecule has 0 radical (unpaired) electrons. The van der Waals surface area contributed by atoms with Gasteiger partial charge in [0.05, 0.1) is 7.11 Å². The highest BCUT2D eigenvalue weighted by Crippen LogP contribution is 1.96. The zero-order chi connectivity index (χ0) is 9.40. The number of aliphatic imine (C=N–C) groups is 1. The number of carbonyl (C=O) groups is 1. The first-order valence-electron chi connectivity index (χ1n) is 3.27. The summed E-state index contributed by atoms with van der Waals surface area (Å²) < 4.78 is 0. The smallest absolute Gasteiger partial charge is 0.328 e. The summed E-state index contributed by atoms with van der Waals surface area (Å²) >= 11 is 0. The zero-order valence-corrected chi connectivity index (χ0v) is 6.64. The van der Waals surface area contributed by atoms with Crippen molar-refractivity contribution in [1.29, 1.82) is 0 Å². The van der Waals surface area contributed by atoms with Crippen LogP contribution in [0.2, 0.25) is 0 Å². The van der Waals surface area contributed by atoms with E-state index in [0.717, 1.165) is 6.40 Å². The van der Waals surface area contributed by atoms with Gasteiger partial charge in [0.15, 0.2) is 6.04 Å². The van der Waals surface area contributed by atoms with E-state index in [1.54, 1.807) is 0 Å². The molecule has 0 aliphatic heterocycles. The van der Waals surface area contributed by atoms with E-state index in [1.807, 2.05) is 0 Å². The molecular formula is C6H11NO5. The maximum Gasteiger partial charge on any atom is 0.328 e. The highest BCUT2D eigenvalue weighted by atomic mass is 17.2. The molecule has 0 aromatic carbocycles. The van der Waals surface area contributed by atoms with Crippen LogP contribution >= 0.6 is 0 Å². The molecule has 0 rings (SSSR count). The highest BCUT2D eigenvalue weighted by molar-refractivity contribution is 5.75. The van der Waals surface area contributed by atoms with Gasteiger partial charge in [0.25, 0.3) is 0 Å². The quantitative estimate of drug-likeness (QED) is 0.245. The second-order valence-corrected chi connectivity index (χ2v) is 1.88. The lowest BCUT2D eigenvalue weighted by atomic mass is 10.2. The topological polar surface area (TPSA) is 88.4 Å². The zero-order valence-electron chi connectivity index (χ0n) is 6.64. The van der Waals surface area contributed by atoms with Crippen LogP contribution in [0.25, 0.3) is 0 Å². The van der Waals surface area contributed by atoms with Crippen molar-refractivity contribution in [1.82, 2.24) is 0 Å². The van der Waals surface area contributed by atoms with Crippen molar-refractivity contribution in [2.75, 3.05) is 13.7 Å². The molecule has 0 unspecified atom stereocenters. The number of hydrogen-bond donors (Lipinski definition) is 2. The van der Waals surface area contributed by atoms with E-state index in [0.29, 0.717) is 0 Å². The van der Waals surface area contributed by atoms with Crippen molar-refractivity contribution in [3.05, 3.63) is 0 Å². The standard InChI is InChI=1S/C6H11NO5/c1-11-12-4-7-5(2-3-8)6(9)10/h4-5,8H,2-3H2,1H3,(H,9,10)/b7-4-/t5-/m0/s1. The molecule has 0 amide bonds. The number of rotatable bonds is 6. The molecule has 6 nitrogen and oxygen atoms in total. The van der Waals surface area contributed by atoms with Gasteiger partial charge in [-0.25, -0.2) is 9.79 Å². The molecule has 12 heavy (non-hydrogen) atoms. The van der Waals surface area contributed by atoms with E-state index in [1.165, 1.54) is 7.11 Å². The minimum absolute atomic E-state index is 0.0545. The second-order valence-electron chi connectivity index (χ2n) is 1.88. The third-order valence-electron chi connectivity index (χ3n) is 1.07. The van der Waals surface area contributed by atoms with Crippen molar-refractivity contribution in [2.45, 2.75) is 12.5 Å². The third-order valence-corrected chi connectivity index (χ3v) is 1.07. The number of aliphatic hydroxyl groups excluding tert-OH is 1. The summed E-state index contributed by atoms with van der Waals surface area (Å²) in [5.41, 5.74) is 0. The van der Waals surface area contributed by atoms with Crippen molar-refractivity contribution in [3.63, 3.8) is 0 Å². The second kappa shape index (κ2) is 6.56. The Hall–Kier alpha value is -1.14. The Morgan fingerprint density at radius 3 is 2.83 bits per heavy atom. The molecule has 6 heteroatoms. The molecule has 0 saturated heterocycles. The summed E-state index contributed by atoms with van der Waals surface area (Å²) in [5, 5.41) is 16.9. The molecule has 0 aliphatic rings. The first-order chi connectivity index (χ1) is 5.72. The Bertz CT molecular complexity index is 158. The van der Waals surface area contributed by atoms with Gasteiger partial charge in [-0.05, 0) is 0 Å². The van der Waals surface area contributed by atoms with Gasteiger partial charge in [-0.3, -0.25) is 0 Å². The van der Waals surface area contributed by atoms with E-state index in [9.17, 15) is 4.79 Å². The Morgan fingerprint density at radius 1 is 1.75 bits per heavy atom. The van der Waals surface area contributed by atoms with E-state index >= 15 is 0 Å². The molecule has 0 saturated carbocycles. The summed E-state index contributed by atoms with van der Waals surface area (Å²) in [4.78, 5) is 22.2. The Labute approximate surface area is 69.4 Å². The van der Waals surface area contributed by atoms with Crippen LogP contribution in [0.15, 0.2) is 4.99 Å². The predicted molar refractivity (Wildman–Crippen MR) is 39.7 cm³/mol. The van der Waals surface area contributed by atoms with E-state index in [2.05, 4.69) is 14.8 Å². The molecule has 0 aromatic heterocycles. The van der Waals surface area contributed by atoms with Gasteiger partial charge in [-0.15, -0.1) is 0 Å². The van der Waals surface area contributed by atoms with Gasteiger partial charge in [0.1, 0.15) is 0 Å². The van der Waals surface area contributed by atoms with Crippen LogP contribution in [0, 0.1) is 0 Å². The minimum Gasteiger partial charge on any atom is -0.480 e. The molecular weight excluding hydrogens is 166 g/mol. The maximum atomic E-state index is 10.4. The molecule has 0 aliphatic carbocycles. The molecule has 2 N–H and O–H groups in total. The predicted octanol–water partition coefficient (Wildman–Crippen LogP) is -0.572. The number of carboxylic acid groups (broad SMARTS) is 1. The summed E-state index contributed by atoms with van der Waals surface area (Å²) in [7, 11) is 1.27. The van der Waals surface area contributed by atoms with Gasteiger partial charge in [0.2, 0.25) is 6.40 Å². The number of carboxylic acids is 1. The Balaban J connectivity index is 3.85. The van der Waals surface area contributed by atoms with E-state index in [-0.39, 0.29) is 13.0 Å². The summed E-state index contributed by atoms with van der Waals surface area (Å²) in [5.74, 6) is -1.11. The van der Waals surface area contributed by atoms with Crippen molar-refractivity contribution in [3.8, 4) is 0 Å². The van der Waals surface area contributed by atoms with Crippen LogP contribution in [-0.2, 0) is 14.6 Å². The largest absolute Gasteiger partial charge is 0.480 e. The minimum atomic E-state index is -1.11. The number of aliphatic carboxylic acids is 1. The first kappa shape index (κ1) is 10.9. The molecule has 0 spiro atoms. The normalized spacial score (nSPS) is 13.2. The molecule has 0 fully saturated rings. The molecule has 0 heterocycles. The monoisotopic (exact) mass is 177 g/mol. The van der Waals surface area contributed by atoms with Crippen LogP contribution in [0.3, 0.4) is 0 Å². The van der Waals surface area contributed by atoms with Crippen molar-refractivity contribution >= 4 is 12.4 Å². The molecule has 70 valence electrons. The SMILES string of the molecule is COO/C=N\[C@@H](CCO)C(=O)O. The lowest BCUT2D eigenvalue weighted by Gasteiger charge is -2.02. The summed E-state index contributed by atoms with van der Waals surface area (Å²) in [6, 6.07) is -0.981. The fourth-order valence-electron chi connectivity index (χ4n) is 0.525. The molecule has 1 atom stereocenters. The number of aliphatic hydroxyl groups is 1. The van der Waals surface area contributed by atoms with Crippen LogP contribution < -0.4 is 0 Å². The van der Waals surface area contributed by atoms with Gasteiger partial charge in [0, 0.05) is 13.0 Å². The van der Waals surface area contributed by atoms with Crippen LogP contribution in [0.4, 0.5) is 0 Å². The summed E-state index contributed by atoms with van der Waals surface area (Å²) in [6.45, 7) is -0.235. The van der Waals surface area contributed by atoms with Gasteiger partial charge in [-0.1, -0.05) is 0 Å². The van der Waals surface area contributed by atoms with Crippen molar-refractivity contribution < 1.29 is 24.8 Å². The maximum absolute atomic E-state index is 10.4. The van der Waals surface area contributed by atoms with Gasteiger partial charge < -0.3 is 15.1 Å². The average Bonchev–Trinajstić information content (AvgIpc) is 2.03. The molecule has 0 aromatic rings.